The summed E-state index contributed by atoms with van der Waals surface area (Å²) < 4.78 is 15.1. The van der Waals surface area contributed by atoms with E-state index in [9.17, 15) is 4.39 Å². The van der Waals surface area contributed by atoms with Gasteiger partial charge in [0.05, 0.1) is 11.4 Å². The molecule has 2 N–H and O–H groups in total. The van der Waals surface area contributed by atoms with Gasteiger partial charge in [0.1, 0.15) is 5.82 Å². The molecule has 4 heteroatoms. The third kappa shape index (κ3) is 1.76. The molecule has 0 spiro atoms. The number of hydrogen-bond acceptors (Lipinski definition) is 2. The second kappa shape index (κ2) is 3.82. The minimum absolute atomic E-state index is 0.246. The molecule has 0 radical (unpaired) electrons. The van der Waals surface area contributed by atoms with Gasteiger partial charge in [-0.05, 0) is 18.2 Å². The molecule has 0 aliphatic heterocycles. The standard InChI is InChI=1S/C11H12FN3/c1-15-11(6-8(7-13)14-15)9-4-2-3-5-10(9)12/h2-6H,7,13H2,1H3. The molecule has 0 atom stereocenters. The maximum atomic E-state index is 13.5. The van der Waals surface area contributed by atoms with Crippen molar-refractivity contribution >= 4 is 0 Å². The summed E-state index contributed by atoms with van der Waals surface area (Å²) in [6, 6.07) is 8.43. The lowest BCUT2D eigenvalue weighted by Gasteiger charge is -2.02. The van der Waals surface area contributed by atoms with Crippen LogP contribution in [0.5, 0.6) is 0 Å². The normalized spacial score (nSPS) is 10.6. The van der Waals surface area contributed by atoms with E-state index in [1.807, 2.05) is 0 Å². The van der Waals surface area contributed by atoms with Crippen molar-refractivity contribution in [3.8, 4) is 11.3 Å². The Labute approximate surface area is 87.3 Å². The monoisotopic (exact) mass is 205 g/mol. The van der Waals surface area contributed by atoms with E-state index >= 15 is 0 Å². The van der Waals surface area contributed by atoms with Crippen LogP contribution in [0.3, 0.4) is 0 Å². The van der Waals surface area contributed by atoms with Gasteiger partial charge in [0.2, 0.25) is 0 Å². The number of benzene rings is 1. The molecule has 0 fully saturated rings. The van der Waals surface area contributed by atoms with Crippen molar-refractivity contribution < 1.29 is 4.39 Å². The number of halogens is 1. The fourth-order valence-electron chi connectivity index (χ4n) is 1.55. The first kappa shape index (κ1) is 9.86. The topological polar surface area (TPSA) is 43.8 Å². The van der Waals surface area contributed by atoms with E-state index in [1.54, 1.807) is 36.0 Å². The van der Waals surface area contributed by atoms with Gasteiger partial charge in [-0.15, -0.1) is 0 Å². The van der Waals surface area contributed by atoms with Gasteiger partial charge in [-0.2, -0.15) is 5.10 Å². The zero-order chi connectivity index (χ0) is 10.8. The van der Waals surface area contributed by atoms with E-state index in [1.165, 1.54) is 6.07 Å². The van der Waals surface area contributed by atoms with Crippen LogP contribution < -0.4 is 5.73 Å². The van der Waals surface area contributed by atoms with Crippen LogP contribution in [0, 0.1) is 5.82 Å². The molecular formula is C11H12FN3. The highest BCUT2D eigenvalue weighted by Gasteiger charge is 2.09. The fraction of sp³-hybridized carbons (Fsp3) is 0.182. The molecular weight excluding hydrogens is 193 g/mol. The number of rotatable bonds is 2. The predicted molar refractivity (Wildman–Crippen MR) is 56.5 cm³/mol. The van der Waals surface area contributed by atoms with E-state index in [-0.39, 0.29) is 5.82 Å². The van der Waals surface area contributed by atoms with Gasteiger partial charge in [-0.3, -0.25) is 4.68 Å². The molecule has 0 aliphatic rings. The van der Waals surface area contributed by atoms with Crippen LogP contribution in [0.2, 0.25) is 0 Å². The van der Waals surface area contributed by atoms with Crippen molar-refractivity contribution in [2.24, 2.45) is 12.8 Å². The summed E-state index contributed by atoms with van der Waals surface area (Å²) in [7, 11) is 1.78. The van der Waals surface area contributed by atoms with Crippen molar-refractivity contribution in [3.63, 3.8) is 0 Å². The Balaban J connectivity index is 2.54. The summed E-state index contributed by atoms with van der Waals surface area (Å²) in [6.45, 7) is 0.363. The van der Waals surface area contributed by atoms with Gasteiger partial charge in [0.15, 0.2) is 0 Å². The minimum Gasteiger partial charge on any atom is -0.325 e. The van der Waals surface area contributed by atoms with Crippen LogP contribution in [0.15, 0.2) is 30.3 Å². The Hall–Kier alpha value is -1.68. The van der Waals surface area contributed by atoms with E-state index in [0.717, 1.165) is 11.4 Å². The summed E-state index contributed by atoms with van der Waals surface area (Å²) in [5, 5.41) is 4.17. The van der Waals surface area contributed by atoms with Crippen molar-refractivity contribution in [2.45, 2.75) is 6.54 Å². The Bertz CT molecular complexity index is 476. The molecule has 0 bridgehead atoms. The van der Waals surface area contributed by atoms with Crippen LogP contribution in [0.25, 0.3) is 11.3 Å². The lowest BCUT2D eigenvalue weighted by atomic mass is 10.1. The first-order valence-electron chi connectivity index (χ1n) is 4.70. The molecule has 78 valence electrons. The molecule has 3 nitrogen and oxygen atoms in total. The molecule has 0 amide bonds. The summed E-state index contributed by atoms with van der Waals surface area (Å²) in [5.74, 6) is -0.246. The molecule has 15 heavy (non-hydrogen) atoms. The average Bonchev–Trinajstić information content (AvgIpc) is 2.60. The molecule has 1 aromatic heterocycles. The second-order valence-corrected chi connectivity index (χ2v) is 3.33. The molecule has 0 saturated carbocycles. The minimum atomic E-state index is -0.246. The lowest BCUT2D eigenvalue weighted by molar-refractivity contribution is 0.628. The summed E-state index contributed by atoms with van der Waals surface area (Å²) in [5.41, 5.74) is 7.53. The first-order valence-corrected chi connectivity index (χ1v) is 4.70. The largest absolute Gasteiger partial charge is 0.325 e. The van der Waals surface area contributed by atoms with E-state index in [0.29, 0.717) is 12.1 Å². The molecule has 2 aromatic rings. The third-order valence-corrected chi connectivity index (χ3v) is 2.29. The Morgan fingerprint density at radius 3 is 2.73 bits per heavy atom. The van der Waals surface area contributed by atoms with Crippen molar-refractivity contribution in [3.05, 3.63) is 41.8 Å². The van der Waals surface area contributed by atoms with E-state index in [4.69, 9.17) is 5.73 Å². The fourth-order valence-corrected chi connectivity index (χ4v) is 1.55. The number of nitrogens with zero attached hydrogens (tertiary/aromatic N) is 2. The van der Waals surface area contributed by atoms with Gasteiger partial charge in [0, 0.05) is 19.2 Å². The summed E-state index contributed by atoms with van der Waals surface area (Å²) >= 11 is 0. The smallest absolute Gasteiger partial charge is 0.132 e. The maximum Gasteiger partial charge on any atom is 0.132 e. The highest BCUT2D eigenvalue weighted by molar-refractivity contribution is 5.60. The number of aromatic nitrogens is 2. The molecule has 0 aliphatic carbocycles. The van der Waals surface area contributed by atoms with Crippen molar-refractivity contribution in [1.29, 1.82) is 0 Å². The van der Waals surface area contributed by atoms with Crippen LogP contribution in [-0.4, -0.2) is 9.78 Å². The van der Waals surface area contributed by atoms with Crippen LogP contribution in [0.4, 0.5) is 4.39 Å². The van der Waals surface area contributed by atoms with Gasteiger partial charge in [-0.1, -0.05) is 12.1 Å². The SMILES string of the molecule is Cn1nc(CN)cc1-c1ccccc1F. The Kier molecular flexibility index (Phi) is 2.51. The average molecular weight is 205 g/mol. The highest BCUT2D eigenvalue weighted by Crippen LogP contribution is 2.22. The van der Waals surface area contributed by atoms with Crippen LogP contribution >= 0.6 is 0 Å². The predicted octanol–water partition coefficient (Wildman–Crippen LogP) is 1.68. The van der Waals surface area contributed by atoms with Gasteiger partial charge < -0.3 is 5.73 Å². The van der Waals surface area contributed by atoms with Crippen molar-refractivity contribution in [1.82, 2.24) is 9.78 Å². The van der Waals surface area contributed by atoms with Crippen molar-refractivity contribution in [2.75, 3.05) is 0 Å². The zero-order valence-electron chi connectivity index (χ0n) is 8.44. The van der Waals surface area contributed by atoms with Crippen LogP contribution in [-0.2, 0) is 13.6 Å². The van der Waals surface area contributed by atoms with Gasteiger partial charge >= 0.3 is 0 Å². The highest BCUT2D eigenvalue weighted by atomic mass is 19.1. The van der Waals surface area contributed by atoms with E-state index in [2.05, 4.69) is 5.10 Å². The Morgan fingerprint density at radius 1 is 1.40 bits per heavy atom. The molecule has 0 saturated heterocycles. The molecule has 2 rings (SSSR count). The Morgan fingerprint density at radius 2 is 2.13 bits per heavy atom. The maximum absolute atomic E-state index is 13.5. The summed E-state index contributed by atoms with van der Waals surface area (Å²) in [6.07, 6.45) is 0. The first-order chi connectivity index (χ1) is 7.22. The van der Waals surface area contributed by atoms with E-state index < -0.39 is 0 Å². The molecule has 1 aromatic carbocycles. The lowest BCUT2D eigenvalue weighted by Crippen LogP contribution is -1.99. The third-order valence-electron chi connectivity index (χ3n) is 2.29. The number of aryl methyl sites for hydroxylation is 1. The summed E-state index contributed by atoms with van der Waals surface area (Å²) in [4.78, 5) is 0. The number of nitrogens with two attached hydrogens (primary N) is 1. The second-order valence-electron chi connectivity index (χ2n) is 3.33. The van der Waals surface area contributed by atoms with Crippen LogP contribution in [0.1, 0.15) is 5.69 Å². The zero-order valence-corrected chi connectivity index (χ0v) is 8.44. The molecule has 1 heterocycles. The van der Waals surface area contributed by atoms with Gasteiger partial charge in [0.25, 0.3) is 0 Å². The molecule has 0 unspecified atom stereocenters. The van der Waals surface area contributed by atoms with Gasteiger partial charge in [-0.25, -0.2) is 4.39 Å². The quantitative estimate of drug-likeness (QED) is 0.810. The number of hydrogen-bond donors (Lipinski definition) is 1.